The van der Waals surface area contributed by atoms with Gasteiger partial charge in [-0.05, 0) is 30.5 Å². The van der Waals surface area contributed by atoms with Gasteiger partial charge in [-0.2, -0.15) is 0 Å². The van der Waals surface area contributed by atoms with Crippen molar-refractivity contribution in [1.82, 2.24) is 5.32 Å². The molecule has 4 heteroatoms. The van der Waals surface area contributed by atoms with E-state index < -0.39 is 0 Å². The van der Waals surface area contributed by atoms with Gasteiger partial charge >= 0.3 is 0 Å². The number of benzene rings is 2. The molecule has 3 N–H and O–H groups in total. The molecule has 0 unspecified atom stereocenters. The van der Waals surface area contributed by atoms with Gasteiger partial charge < -0.3 is 10.6 Å². The van der Waals surface area contributed by atoms with E-state index in [2.05, 4.69) is 82.0 Å². The predicted molar refractivity (Wildman–Crippen MR) is 102 cm³/mol. The van der Waals surface area contributed by atoms with Gasteiger partial charge in [0.2, 0.25) is 0 Å². The van der Waals surface area contributed by atoms with Crippen LogP contribution in [-0.4, -0.2) is 19.0 Å². The molecule has 0 spiro atoms. The number of aryl methyl sites for hydroxylation is 1. The molecular formula is C20H26BrN2O+. The zero-order valence-electron chi connectivity index (χ0n) is 14.2. The smallest absolute Gasteiger partial charge is 0.275 e. The molecule has 0 radical (unpaired) electrons. The molecule has 0 bridgehead atoms. The minimum Gasteiger partial charge on any atom is -0.351 e. The van der Waals surface area contributed by atoms with E-state index in [4.69, 9.17) is 0 Å². The van der Waals surface area contributed by atoms with Crippen LogP contribution in [0.25, 0.3) is 0 Å². The van der Waals surface area contributed by atoms with Crippen LogP contribution in [0.1, 0.15) is 36.9 Å². The minimum atomic E-state index is 0.110. The summed E-state index contributed by atoms with van der Waals surface area (Å²) in [6, 6.07) is 19.0. The third-order valence-electron chi connectivity index (χ3n) is 4.13. The van der Waals surface area contributed by atoms with Crippen molar-refractivity contribution in [3.63, 3.8) is 0 Å². The Kier molecular flexibility index (Phi) is 7.99. The summed E-state index contributed by atoms with van der Waals surface area (Å²) < 4.78 is 1.08. The average Bonchev–Trinajstić information content (AvgIpc) is 2.61. The predicted octanol–water partition coefficient (Wildman–Crippen LogP) is 3.21. The Morgan fingerprint density at radius 3 is 2.50 bits per heavy atom. The number of amides is 1. The number of quaternary nitrogens is 1. The van der Waals surface area contributed by atoms with Crippen molar-refractivity contribution in [2.45, 2.75) is 32.2 Å². The monoisotopic (exact) mass is 389 g/mol. The van der Waals surface area contributed by atoms with E-state index in [1.54, 1.807) is 0 Å². The summed E-state index contributed by atoms with van der Waals surface area (Å²) in [5, 5.41) is 5.14. The molecule has 2 aromatic carbocycles. The summed E-state index contributed by atoms with van der Waals surface area (Å²) in [5.41, 5.74) is 2.58. The lowest BCUT2D eigenvalue weighted by Gasteiger charge is -2.14. The number of nitrogens with one attached hydrogen (secondary N) is 1. The number of nitrogens with two attached hydrogens (primary N) is 1. The number of carbonyl (C=O) groups is 1. The van der Waals surface area contributed by atoms with E-state index in [1.165, 1.54) is 11.1 Å². The molecule has 0 saturated heterocycles. The third kappa shape index (κ3) is 6.46. The first kappa shape index (κ1) is 18.7. The zero-order chi connectivity index (χ0) is 17.2. The Bertz CT molecular complexity index is 613. The van der Waals surface area contributed by atoms with Crippen LogP contribution in [0, 0.1) is 0 Å². The van der Waals surface area contributed by atoms with Crippen LogP contribution >= 0.6 is 15.9 Å². The third-order valence-corrected chi connectivity index (χ3v) is 4.66. The number of hydrogen-bond acceptors (Lipinski definition) is 1. The highest BCUT2D eigenvalue weighted by atomic mass is 79.9. The summed E-state index contributed by atoms with van der Waals surface area (Å²) in [5.74, 6) is 0.110. The molecule has 0 aliphatic carbocycles. The van der Waals surface area contributed by atoms with Crippen LogP contribution in [0.15, 0.2) is 59.1 Å². The van der Waals surface area contributed by atoms with Gasteiger partial charge in [-0.25, -0.2) is 0 Å². The molecular weight excluding hydrogens is 364 g/mol. The van der Waals surface area contributed by atoms with Gasteiger partial charge in [0.15, 0.2) is 6.54 Å². The molecule has 0 aliphatic rings. The lowest BCUT2D eigenvalue weighted by molar-refractivity contribution is -0.686. The zero-order valence-corrected chi connectivity index (χ0v) is 15.8. The first-order chi connectivity index (χ1) is 11.7. The number of rotatable bonds is 9. The fourth-order valence-corrected chi connectivity index (χ4v) is 3.00. The normalized spacial score (nSPS) is 11.9. The fourth-order valence-electron chi connectivity index (χ4n) is 2.73. The van der Waals surface area contributed by atoms with Crippen molar-refractivity contribution >= 4 is 21.8 Å². The first-order valence-corrected chi connectivity index (χ1v) is 9.37. The number of carbonyl (C=O) groups excluding carboxylic acids is 1. The van der Waals surface area contributed by atoms with E-state index in [0.717, 1.165) is 30.3 Å². The SMILES string of the molecule is CC[C@H]([NH2+]CC(=O)NCCCc1ccccc1)c1ccc(Br)cc1. The summed E-state index contributed by atoms with van der Waals surface area (Å²) in [6.45, 7) is 3.36. The van der Waals surface area contributed by atoms with Crippen LogP contribution in [-0.2, 0) is 11.2 Å². The van der Waals surface area contributed by atoms with Gasteiger partial charge in [-0.15, -0.1) is 0 Å². The molecule has 24 heavy (non-hydrogen) atoms. The molecule has 128 valence electrons. The van der Waals surface area contributed by atoms with Crippen molar-refractivity contribution in [3.8, 4) is 0 Å². The maximum absolute atomic E-state index is 12.0. The van der Waals surface area contributed by atoms with Crippen LogP contribution < -0.4 is 10.6 Å². The quantitative estimate of drug-likeness (QED) is 0.635. The highest BCUT2D eigenvalue weighted by molar-refractivity contribution is 9.10. The fraction of sp³-hybridized carbons (Fsp3) is 0.350. The molecule has 0 saturated carbocycles. The van der Waals surface area contributed by atoms with Crippen LogP contribution in [0.3, 0.4) is 0 Å². The number of hydrogen-bond donors (Lipinski definition) is 2. The maximum Gasteiger partial charge on any atom is 0.275 e. The second-order valence-corrected chi connectivity index (χ2v) is 6.86. The maximum atomic E-state index is 12.0. The average molecular weight is 390 g/mol. The molecule has 0 heterocycles. The van der Waals surface area contributed by atoms with E-state index in [0.29, 0.717) is 12.6 Å². The molecule has 2 aromatic rings. The van der Waals surface area contributed by atoms with Gasteiger partial charge in [-0.3, -0.25) is 4.79 Å². The lowest BCUT2D eigenvalue weighted by Crippen LogP contribution is -2.87. The Hall–Kier alpha value is -1.65. The van der Waals surface area contributed by atoms with Crippen molar-refractivity contribution in [1.29, 1.82) is 0 Å². The summed E-state index contributed by atoms with van der Waals surface area (Å²) in [6.07, 6.45) is 2.98. The summed E-state index contributed by atoms with van der Waals surface area (Å²) >= 11 is 3.46. The van der Waals surface area contributed by atoms with Crippen molar-refractivity contribution < 1.29 is 10.1 Å². The lowest BCUT2D eigenvalue weighted by atomic mass is 10.0. The first-order valence-electron chi connectivity index (χ1n) is 8.58. The van der Waals surface area contributed by atoms with Crippen molar-refractivity contribution in [3.05, 3.63) is 70.2 Å². The molecule has 1 atom stereocenters. The summed E-state index contributed by atoms with van der Waals surface area (Å²) in [4.78, 5) is 12.0. The molecule has 1 amide bonds. The topological polar surface area (TPSA) is 45.7 Å². The van der Waals surface area contributed by atoms with Gasteiger partial charge in [0.1, 0.15) is 6.04 Å². The van der Waals surface area contributed by atoms with Gasteiger partial charge in [0, 0.05) is 23.0 Å². The Morgan fingerprint density at radius 2 is 1.83 bits per heavy atom. The Balaban J connectivity index is 1.67. The van der Waals surface area contributed by atoms with E-state index in [9.17, 15) is 4.79 Å². The van der Waals surface area contributed by atoms with Crippen LogP contribution in [0.2, 0.25) is 0 Å². The molecule has 0 aliphatic heterocycles. The Labute approximate surface area is 153 Å². The van der Waals surface area contributed by atoms with Crippen LogP contribution in [0.4, 0.5) is 0 Å². The molecule has 2 rings (SSSR count). The molecule has 0 aromatic heterocycles. The van der Waals surface area contributed by atoms with Gasteiger partial charge in [0.05, 0.1) is 0 Å². The molecule has 0 fully saturated rings. The van der Waals surface area contributed by atoms with E-state index in [-0.39, 0.29) is 5.91 Å². The van der Waals surface area contributed by atoms with Crippen molar-refractivity contribution in [2.24, 2.45) is 0 Å². The largest absolute Gasteiger partial charge is 0.351 e. The summed E-state index contributed by atoms with van der Waals surface area (Å²) in [7, 11) is 0. The van der Waals surface area contributed by atoms with E-state index >= 15 is 0 Å². The van der Waals surface area contributed by atoms with E-state index in [1.807, 2.05) is 6.07 Å². The second-order valence-electron chi connectivity index (χ2n) is 5.95. The van der Waals surface area contributed by atoms with Gasteiger partial charge in [0.25, 0.3) is 5.91 Å². The second kappa shape index (κ2) is 10.3. The van der Waals surface area contributed by atoms with Crippen molar-refractivity contribution in [2.75, 3.05) is 13.1 Å². The van der Waals surface area contributed by atoms with Crippen LogP contribution in [0.5, 0.6) is 0 Å². The standard InChI is InChI=1S/C20H25BrN2O/c1-2-19(17-10-12-18(21)13-11-17)23-15-20(24)22-14-6-9-16-7-4-3-5-8-16/h3-5,7-8,10-13,19,23H,2,6,9,14-15H2,1H3,(H,22,24)/p+1/t19-/m0/s1. The molecule has 3 nitrogen and oxygen atoms in total. The highest BCUT2D eigenvalue weighted by Gasteiger charge is 2.14. The van der Waals surface area contributed by atoms with Gasteiger partial charge in [-0.1, -0.05) is 65.3 Å². The Morgan fingerprint density at radius 1 is 1.12 bits per heavy atom. The number of halogens is 1. The minimum absolute atomic E-state index is 0.110. The highest BCUT2D eigenvalue weighted by Crippen LogP contribution is 2.16.